The fourth-order valence-corrected chi connectivity index (χ4v) is 2.40. The highest BCUT2D eigenvalue weighted by molar-refractivity contribution is 5.68. The van der Waals surface area contributed by atoms with Gasteiger partial charge < -0.3 is 14.6 Å². The molecule has 2 rings (SSSR count). The second-order valence-corrected chi connectivity index (χ2v) is 6.57. The monoisotopic (exact) mass is 332 g/mol. The molecule has 0 saturated carbocycles. The second kappa shape index (κ2) is 7.20. The first-order chi connectivity index (χ1) is 10.7. The maximum Gasteiger partial charge on any atom is 0.407 e. The molecule has 9 heteroatoms. The van der Waals surface area contributed by atoms with E-state index in [4.69, 9.17) is 9.26 Å². The summed E-state index contributed by atoms with van der Waals surface area (Å²) in [5.41, 5.74) is -0.548. The molecule has 0 spiro atoms. The van der Waals surface area contributed by atoms with Crippen molar-refractivity contribution in [2.24, 2.45) is 0 Å². The molecule has 7 nitrogen and oxygen atoms in total. The molecular weight excluding hydrogens is 310 g/mol. The number of piperidine rings is 1. The van der Waals surface area contributed by atoms with E-state index in [9.17, 15) is 13.6 Å². The predicted molar refractivity (Wildman–Crippen MR) is 76.9 cm³/mol. The first-order valence-corrected chi connectivity index (χ1v) is 7.55. The molecule has 2 heterocycles. The first kappa shape index (κ1) is 17.6. The highest BCUT2D eigenvalue weighted by atomic mass is 19.3. The summed E-state index contributed by atoms with van der Waals surface area (Å²) in [6.07, 6.45) is -1.49. The topological polar surface area (TPSA) is 80.5 Å². The average molecular weight is 332 g/mol. The van der Waals surface area contributed by atoms with Crippen molar-refractivity contribution >= 4 is 6.09 Å². The predicted octanol–water partition coefficient (Wildman–Crippen LogP) is 2.50. The molecule has 1 amide bonds. The van der Waals surface area contributed by atoms with Crippen molar-refractivity contribution in [3.8, 4) is 0 Å². The highest BCUT2D eigenvalue weighted by Gasteiger charge is 2.25. The third-order valence-corrected chi connectivity index (χ3v) is 3.26. The summed E-state index contributed by atoms with van der Waals surface area (Å²) in [6, 6.07) is -0.0592. The van der Waals surface area contributed by atoms with E-state index in [2.05, 4.69) is 15.5 Å². The van der Waals surface area contributed by atoms with Gasteiger partial charge in [0.1, 0.15) is 5.60 Å². The molecule has 1 aromatic rings. The lowest BCUT2D eigenvalue weighted by Gasteiger charge is -2.32. The summed E-state index contributed by atoms with van der Waals surface area (Å²) in [5.74, 6) is -0.446. The Morgan fingerprint density at radius 2 is 2.26 bits per heavy atom. The van der Waals surface area contributed by atoms with Crippen LogP contribution in [0.4, 0.5) is 13.6 Å². The quantitative estimate of drug-likeness (QED) is 0.912. The van der Waals surface area contributed by atoms with Crippen LogP contribution in [0.1, 0.15) is 51.8 Å². The molecule has 1 aliphatic heterocycles. The van der Waals surface area contributed by atoms with Crippen molar-refractivity contribution in [2.75, 3.05) is 13.1 Å². The third kappa shape index (κ3) is 5.74. The second-order valence-electron chi connectivity index (χ2n) is 6.57. The number of carbonyl (C=O) groups excluding carboxylic acids is 1. The smallest absolute Gasteiger partial charge is 0.407 e. The maximum absolute atomic E-state index is 12.4. The number of rotatable bonds is 4. The molecule has 0 bridgehead atoms. The molecule has 0 aliphatic carbocycles. The fraction of sp³-hybridized carbons (Fsp3) is 0.786. The number of nitrogens with one attached hydrogen (secondary N) is 1. The molecule has 1 atom stereocenters. The lowest BCUT2D eigenvalue weighted by Crippen LogP contribution is -2.48. The van der Waals surface area contributed by atoms with Crippen LogP contribution >= 0.6 is 0 Å². The average Bonchev–Trinajstić information content (AvgIpc) is 2.85. The van der Waals surface area contributed by atoms with Gasteiger partial charge in [-0.15, -0.1) is 0 Å². The number of nitrogens with zero attached hydrogens (tertiary/aromatic N) is 3. The number of amides is 1. The molecule has 23 heavy (non-hydrogen) atoms. The van der Waals surface area contributed by atoms with Crippen LogP contribution in [-0.4, -0.2) is 45.9 Å². The third-order valence-electron chi connectivity index (χ3n) is 3.26. The molecule has 1 saturated heterocycles. The van der Waals surface area contributed by atoms with E-state index in [1.165, 1.54) is 0 Å². The van der Waals surface area contributed by atoms with Crippen LogP contribution < -0.4 is 5.32 Å². The lowest BCUT2D eigenvalue weighted by atomic mass is 10.1. The molecule has 1 fully saturated rings. The van der Waals surface area contributed by atoms with Gasteiger partial charge in [-0.05, 0) is 40.2 Å². The first-order valence-electron chi connectivity index (χ1n) is 7.55. The number of hydrogen-bond acceptors (Lipinski definition) is 6. The molecule has 0 aromatic carbocycles. The number of aromatic nitrogens is 2. The van der Waals surface area contributed by atoms with Gasteiger partial charge in [-0.1, -0.05) is 5.16 Å². The molecular formula is C14H22F2N4O3. The van der Waals surface area contributed by atoms with Crippen LogP contribution in [0.5, 0.6) is 0 Å². The Kier molecular flexibility index (Phi) is 5.51. The Balaban J connectivity index is 1.84. The Hall–Kier alpha value is -1.77. The van der Waals surface area contributed by atoms with Crippen LogP contribution in [0.2, 0.25) is 0 Å². The molecule has 0 unspecified atom stereocenters. The number of halogens is 2. The largest absolute Gasteiger partial charge is 0.444 e. The zero-order valence-electron chi connectivity index (χ0n) is 13.5. The van der Waals surface area contributed by atoms with E-state index in [0.29, 0.717) is 6.54 Å². The number of alkyl carbamates (subject to hydrolysis) is 1. The van der Waals surface area contributed by atoms with Gasteiger partial charge in [0.2, 0.25) is 11.7 Å². The summed E-state index contributed by atoms with van der Waals surface area (Å²) in [7, 11) is 0. The minimum atomic E-state index is -2.74. The van der Waals surface area contributed by atoms with Crippen LogP contribution in [0.3, 0.4) is 0 Å². The van der Waals surface area contributed by atoms with E-state index in [1.54, 1.807) is 20.8 Å². The van der Waals surface area contributed by atoms with E-state index in [-0.39, 0.29) is 18.5 Å². The standard InChI is InChI=1S/C14H22F2N4O3/c1-14(2,3)22-13(21)17-9-5-4-6-20(7-9)8-10-18-12(11(15)16)19-23-10/h9,11H,4-8H2,1-3H3,(H,17,21)/t9-/m1/s1. The summed E-state index contributed by atoms with van der Waals surface area (Å²) in [4.78, 5) is 17.4. The van der Waals surface area contributed by atoms with Crippen LogP contribution in [-0.2, 0) is 11.3 Å². The van der Waals surface area contributed by atoms with Crippen molar-refractivity contribution in [2.45, 2.75) is 58.2 Å². The van der Waals surface area contributed by atoms with E-state index < -0.39 is 23.9 Å². The molecule has 130 valence electrons. The zero-order chi connectivity index (χ0) is 17.0. The summed E-state index contributed by atoms with van der Waals surface area (Å²) >= 11 is 0. The Morgan fingerprint density at radius 3 is 2.87 bits per heavy atom. The van der Waals surface area contributed by atoms with Gasteiger partial charge in [0, 0.05) is 12.6 Å². The van der Waals surface area contributed by atoms with Crippen molar-refractivity contribution < 1.29 is 22.8 Å². The zero-order valence-corrected chi connectivity index (χ0v) is 13.5. The van der Waals surface area contributed by atoms with Crippen LogP contribution in [0.15, 0.2) is 4.52 Å². The summed E-state index contributed by atoms with van der Waals surface area (Å²) in [5, 5.41) is 6.06. The molecule has 1 N–H and O–H groups in total. The van der Waals surface area contributed by atoms with Gasteiger partial charge in [-0.2, -0.15) is 4.98 Å². The Labute approximate surface area is 133 Å². The number of carbonyl (C=O) groups is 1. The van der Waals surface area contributed by atoms with E-state index in [0.717, 1.165) is 19.4 Å². The van der Waals surface area contributed by atoms with Gasteiger partial charge in [0.05, 0.1) is 6.54 Å². The number of alkyl halides is 2. The van der Waals surface area contributed by atoms with E-state index in [1.807, 2.05) is 4.90 Å². The van der Waals surface area contributed by atoms with Gasteiger partial charge >= 0.3 is 12.5 Å². The lowest BCUT2D eigenvalue weighted by molar-refractivity contribution is 0.0467. The molecule has 1 aromatic heterocycles. The minimum Gasteiger partial charge on any atom is -0.444 e. The Morgan fingerprint density at radius 1 is 1.52 bits per heavy atom. The van der Waals surface area contributed by atoms with Crippen molar-refractivity contribution in [1.29, 1.82) is 0 Å². The van der Waals surface area contributed by atoms with Gasteiger partial charge in [0.25, 0.3) is 0 Å². The van der Waals surface area contributed by atoms with Crippen molar-refractivity contribution in [3.05, 3.63) is 11.7 Å². The normalized spacial score (nSPS) is 19.8. The molecule has 0 radical (unpaired) electrons. The SMILES string of the molecule is CC(C)(C)OC(=O)N[C@@H]1CCCN(Cc2nc(C(F)F)no2)C1. The van der Waals surface area contributed by atoms with Crippen LogP contribution in [0, 0.1) is 0 Å². The van der Waals surface area contributed by atoms with Crippen molar-refractivity contribution in [1.82, 2.24) is 20.4 Å². The summed E-state index contributed by atoms with van der Waals surface area (Å²) < 4.78 is 34.9. The highest BCUT2D eigenvalue weighted by Crippen LogP contribution is 2.17. The van der Waals surface area contributed by atoms with Crippen LogP contribution in [0.25, 0.3) is 0 Å². The maximum atomic E-state index is 12.4. The van der Waals surface area contributed by atoms with Gasteiger partial charge in [-0.25, -0.2) is 13.6 Å². The van der Waals surface area contributed by atoms with Gasteiger partial charge in [0.15, 0.2) is 0 Å². The molecule has 1 aliphatic rings. The summed E-state index contributed by atoms with van der Waals surface area (Å²) in [6.45, 7) is 7.04. The fourth-order valence-electron chi connectivity index (χ4n) is 2.40. The van der Waals surface area contributed by atoms with Gasteiger partial charge in [-0.3, -0.25) is 4.90 Å². The number of likely N-dealkylation sites (tertiary alicyclic amines) is 1. The minimum absolute atomic E-state index is 0.0592. The number of ether oxygens (including phenoxy) is 1. The Bertz CT molecular complexity index is 530. The van der Waals surface area contributed by atoms with Crippen molar-refractivity contribution in [3.63, 3.8) is 0 Å². The number of hydrogen-bond donors (Lipinski definition) is 1. The van der Waals surface area contributed by atoms with E-state index >= 15 is 0 Å².